The van der Waals surface area contributed by atoms with E-state index in [-0.39, 0.29) is 21.1 Å². The standard InChI is InChI=1S/C49H30N5O.Pt/c1-31-21-23-32(24-22-31)51-30-52(44-19-5-4-18-43(44)51)33-10-6-11-34(28-33)55-35-25-26-37-39-15-8-20-45-48(39)54(46(37)29-35)49-41(16-9-27-50-49)40-14-7-13-38-36-12-2-3-17-42(36)53(45)47(38)40;/h2-27,30H,1H3;/q-3;/i1D3;. The van der Waals surface area contributed by atoms with Crippen LogP contribution in [0.5, 0.6) is 11.5 Å². The van der Waals surface area contributed by atoms with Gasteiger partial charge in [0.05, 0.1) is 22.1 Å². The summed E-state index contributed by atoms with van der Waals surface area (Å²) in [6, 6.07) is 58.1. The van der Waals surface area contributed by atoms with Gasteiger partial charge in [-0.3, -0.25) is 0 Å². The average Bonchev–Trinajstić information content (AvgIpc) is 3.91. The first-order chi connectivity index (χ1) is 28.4. The molecule has 0 fully saturated rings. The van der Waals surface area contributed by atoms with Gasteiger partial charge in [0, 0.05) is 81.5 Å². The molecule has 0 spiro atoms. The Bertz CT molecular complexity index is 3490. The van der Waals surface area contributed by atoms with Crippen LogP contribution in [0, 0.1) is 25.7 Å². The number of para-hydroxylation sites is 5. The molecule has 12 rings (SSSR count). The predicted molar refractivity (Wildman–Crippen MR) is 224 cm³/mol. The molecule has 0 unspecified atom stereocenters. The second-order valence-corrected chi connectivity index (χ2v) is 13.9. The fraction of sp³-hybridized carbons (Fsp3) is 0.0204. The Labute approximate surface area is 340 Å². The SMILES string of the molecule is [2H]C([2H])([2H])c1ccc(N2[CH-]N(c3[c-]c(Oc4[c-]c5c(cc4)c4cccc6c4n5c4ncccc4c4cccc5c7ccccc7n6c54)ccc3)c3ccccc32)cc1.[Pt]. The van der Waals surface area contributed by atoms with E-state index in [9.17, 15) is 0 Å². The number of aromatic nitrogens is 3. The van der Waals surface area contributed by atoms with Gasteiger partial charge in [0.1, 0.15) is 5.65 Å². The Balaban J connectivity index is 0.00000397. The molecule has 1 aliphatic rings. The molecule has 270 valence electrons. The predicted octanol–water partition coefficient (Wildman–Crippen LogP) is 12.5. The fourth-order valence-electron chi connectivity index (χ4n) is 8.56. The molecule has 1 aliphatic heterocycles. The number of hydrogen-bond acceptors (Lipinski definition) is 4. The summed E-state index contributed by atoms with van der Waals surface area (Å²) in [6.45, 7) is -0.173. The zero-order chi connectivity index (χ0) is 38.7. The Morgan fingerprint density at radius 3 is 2.09 bits per heavy atom. The molecule has 5 heterocycles. The van der Waals surface area contributed by atoms with Crippen molar-refractivity contribution in [2.45, 2.75) is 6.85 Å². The van der Waals surface area contributed by atoms with Crippen LogP contribution < -0.4 is 14.5 Å². The van der Waals surface area contributed by atoms with Crippen LogP contribution in [-0.2, 0) is 21.1 Å². The molecule has 7 heteroatoms. The summed E-state index contributed by atoms with van der Waals surface area (Å²) in [7, 11) is 0. The van der Waals surface area contributed by atoms with Gasteiger partial charge in [-0.25, -0.2) is 4.98 Å². The van der Waals surface area contributed by atoms with E-state index >= 15 is 0 Å². The van der Waals surface area contributed by atoms with Gasteiger partial charge in [-0.15, -0.1) is 48.1 Å². The van der Waals surface area contributed by atoms with Crippen molar-refractivity contribution in [2.75, 3.05) is 9.80 Å². The first kappa shape index (κ1) is 29.7. The number of hydrogen-bond donors (Lipinski definition) is 0. The maximum Gasteiger partial charge on any atom is 0.143 e. The molecule has 0 saturated carbocycles. The Hall–Kier alpha value is -6.62. The molecule has 11 aromatic rings. The van der Waals surface area contributed by atoms with Crippen molar-refractivity contribution in [2.24, 2.45) is 0 Å². The number of ether oxygens (including phenoxy) is 1. The van der Waals surface area contributed by atoms with Gasteiger partial charge < -0.3 is 23.3 Å². The molecule has 6 nitrogen and oxygen atoms in total. The summed E-state index contributed by atoms with van der Waals surface area (Å²) in [4.78, 5) is 9.17. The van der Waals surface area contributed by atoms with Gasteiger partial charge in [0.25, 0.3) is 0 Å². The molecule has 0 saturated heterocycles. The Kier molecular flexibility index (Phi) is 6.61. The maximum absolute atomic E-state index is 7.80. The van der Waals surface area contributed by atoms with Gasteiger partial charge >= 0.3 is 0 Å². The van der Waals surface area contributed by atoms with Gasteiger partial charge in [0.15, 0.2) is 0 Å². The van der Waals surface area contributed by atoms with Crippen LogP contribution in [0.1, 0.15) is 9.68 Å². The number of anilines is 4. The van der Waals surface area contributed by atoms with E-state index in [0.29, 0.717) is 17.1 Å². The molecule has 56 heavy (non-hydrogen) atoms. The van der Waals surface area contributed by atoms with Crippen LogP contribution in [-0.4, -0.2) is 13.8 Å². The molecule has 7 aromatic carbocycles. The minimum absolute atomic E-state index is 0. The number of aryl methyl sites for hydroxylation is 1. The van der Waals surface area contributed by atoms with E-state index in [4.69, 9.17) is 13.8 Å². The van der Waals surface area contributed by atoms with Crippen LogP contribution in [0.2, 0.25) is 0 Å². The zero-order valence-electron chi connectivity index (χ0n) is 32.5. The molecule has 0 aliphatic carbocycles. The third-order valence-corrected chi connectivity index (χ3v) is 10.9. The smallest absolute Gasteiger partial charge is 0.143 e. The monoisotopic (exact) mass is 902 g/mol. The van der Waals surface area contributed by atoms with E-state index in [0.717, 1.165) is 77.5 Å². The maximum atomic E-state index is 7.80. The molecule has 0 radical (unpaired) electrons. The largest absolute Gasteiger partial charge is 0.509 e. The first-order valence-electron chi connectivity index (χ1n) is 19.7. The molecule has 0 atom stereocenters. The van der Waals surface area contributed by atoms with Crippen molar-refractivity contribution in [1.82, 2.24) is 13.8 Å². The van der Waals surface area contributed by atoms with Crippen molar-refractivity contribution in [3.63, 3.8) is 0 Å². The summed E-state index contributed by atoms with van der Waals surface area (Å²) < 4.78 is 34.7. The van der Waals surface area contributed by atoms with Crippen molar-refractivity contribution >= 4 is 88.3 Å². The zero-order valence-corrected chi connectivity index (χ0v) is 31.8. The van der Waals surface area contributed by atoms with Crippen LogP contribution in [0.3, 0.4) is 0 Å². The molecule has 4 aromatic heterocycles. The second kappa shape index (κ2) is 12.5. The van der Waals surface area contributed by atoms with Gasteiger partial charge in [-0.05, 0) is 60.8 Å². The van der Waals surface area contributed by atoms with Crippen LogP contribution in [0.4, 0.5) is 22.7 Å². The summed E-state index contributed by atoms with van der Waals surface area (Å²) in [5.41, 5.74) is 10.0. The van der Waals surface area contributed by atoms with Gasteiger partial charge in [0.2, 0.25) is 0 Å². The normalized spacial score (nSPS) is 13.8. The Morgan fingerprint density at radius 1 is 0.554 bits per heavy atom. The van der Waals surface area contributed by atoms with Crippen molar-refractivity contribution in [3.05, 3.63) is 182 Å². The summed E-state index contributed by atoms with van der Waals surface area (Å²) in [5, 5.41) is 6.72. The number of nitrogens with zero attached hydrogens (tertiary/aromatic N) is 5. The summed E-state index contributed by atoms with van der Waals surface area (Å²) >= 11 is 0. The Morgan fingerprint density at radius 2 is 1.23 bits per heavy atom. The van der Waals surface area contributed by atoms with E-state index in [1.807, 2.05) is 73.5 Å². The van der Waals surface area contributed by atoms with Crippen molar-refractivity contribution in [1.29, 1.82) is 0 Å². The van der Waals surface area contributed by atoms with E-state index < -0.39 is 6.85 Å². The number of pyridine rings is 1. The van der Waals surface area contributed by atoms with Crippen LogP contribution in [0.15, 0.2) is 158 Å². The minimum Gasteiger partial charge on any atom is -0.509 e. The average molecular weight is 903 g/mol. The third-order valence-electron chi connectivity index (χ3n) is 10.9. The topological polar surface area (TPSA) is 37.4 Å². The van der Waals surface area contributed by atoms with E-state index in [1.54, 1.807) is 12.1 Å². The van der Waals surface area contributed by atoms with Gasteiger partial charge in [-0.1, -0.05) is 83.9 Å². The first-order valence-corrected chi connectivity index (χ1v) is 18.2. The number of fused-ring (bicyclic) bond motifs is 11. The number of rotatable bonds is 4. The molecule has 0 N–H and O–H groups in total. The quantitative estimate of drug-likeness (QED) is 0.165. The van der Waals surface area contributed by atoms with Crippen LogP contribution >= 0.6 is 0 Å². The van der Waals surface area contributed by atoms with Gasteiger partial charge in [-0.2, -0.15) is 12.1 Å². The third kappa shape index (κ3) is 4.69. The molecular weight excluding hydrogens is 870 g/mol. The molecular formula is C49H30N5OPt-3. The number of benzene rings is 7. The minimum atomic E-state index is -2.17. The van der Waals surface area contributed by atoms with E-state index in [1.165, 1.54) is 10.8 Å². The summed E-state index contributed by atoms with van der Waals surface area (Å²) in [5.74, 6) is 1.09. The van der Waals surface area contributed by atoms with E-state index in [2.05, 4.69) is 110 Å². The molecule has 0 amide bonds. The second-order valence-electron chi connectivity index (χ2n) is 13.9. The fourth-order valence-corrected chi connectivity index (χ4v) is 8.56. The van der Waals surface area contributed by atoms with Crippen molar-refractivity contribution in [3.8, 4) is 11.5 Å². The van der Waals surface area contributed by atoms with Crippen molar-refractivity contribution < 1.29 is 29.9 Å². The summed E-state index contributed by atoms with van der Waals surface area (Å²) in [6.07, 6.45) is 1.86. The van der Waals surface area contributed by atoms with Crippen LogP contribution in [0.25, 0.3) is 65.5 Å². The molecule has 0 bridgehead atoms.